The highest BCUT2D eigenvalue weighted by molar-refractivity contribution is 14.1. The number of pyridine rings is 1. The fourth-order valence-corrected chi connectivity index (χ4v) is 5.51. The van der Waals surface area contributed by atoms with E-state index >= 15 is 0 Å². The first-order valence-corrected chi connectivity index (χ1v) is 13.9. The summed E-state index contributed by atoms with van der Waals surface area (Å²) in [5.74, 6) is -3.37. The van der Waals surface area contributed by atoms with Gasteiger partial charge in [0.15, 0.2) is 0 Å². The number of amidine groups is 1. The van der Waals surface area contributed by atoms with Crippen LogP contribution in [0.1, 0.15) is 60.0 Å². The Hall–Kier alpha value is -2.45. The second-order valence-corrected chi connectivity index (χ2v) is 11.2. The fourth-order valence-electron chi connectivity index (χ4n) is 5.01. The zero-order valence-electron chi connectivity index (χ0n) is 21.4. The summed E-state index contributed by atoms with van der Waals surface area (Å²) in [6.45, 7) is 1.11. The van der Waals surface area contributed by atoms with Gasteiger partial charge in [0.1, 0.15) is 13.1 Å². The maximum absolute atomic E-state index is 14.3. The number of halogens is 6. The van der Waals surface area contributed by atoms with Crippen LogP contribution in [0.4, 0.5) is 27.6 Å². The number of anilines is 1. The first-order valence-electron chi connectivity index (χ1n) is 12.8. The number of rotatable bonds is 6. The fraction of sp³-hybridized carbons (Fsp3) is 0.500. The minimum atomic E-state index is -4.76. The topological polar surface area (TPSA) is 83.6 Å². The molecule has 0 spiro atoms. The predicted molar refractivity (Wildman–Crippen MR) is 150 cm³/mol. The number of likely N-dealkylation sites (tertiary alicyclic amines) is 1. The molecule has 1 aromatic carbocycles. The molecular weight excluding hydrogens is 631 g/mol. The van der Waals surface area contributed by atoms with Crippen molar-refractivity contribution in [2.75, 3.05) is 18.4 Å². The number of hydrogen-bond donors (Lipinski definition) is 2. The van der Waals surface area contributed by atoms with Gasteiger partial charge in [-0.15, -0.1) is 0 Å². The number of amides is 1. The Morgan fingerprint density at radius 3 is 2.51 bits per heavy atom. The van der Waals surface area contributed by atoms with Gasteiger partial charge >= 0.3 is 6.18 Å². The number of nitrogens with one attached hydrogen (secondary N) is 1. The third-order valence-corrected chi connectivity index (χ3v) is 7.77. The summed E-state index contributed by atoms with van der Waals surface area (Å²) in [6.07, 6.45) is 0.141. The highest BCUT2D eigenvalue weighted by Crippen LogP contribution is 2.39. The van der Waals surface area contributed by atoms with Gasteiger partial charge in [-0.2, -0.15) is 13.2 Å². The molecular formula is C26H29BF5IN5O. The highest BCUT2D eigenvalue weighted by atomic mass is 127. The molecule has 39 heavy (non-hydrogen) atoms. The lowest BCUT2D eigenvalue weighted by molar-refractivity contribution is -0.136. The molecule has 13 heteroatoms. The lowest BCUT2D eigenvalue weighted by atomic mass is 9.72. The lowest BCUT2D eigenvalue weighted by Gasteiger charge is -2.35. The molecule has 1 aliphatic carbocycles. The summed E-state index contributed by atoms with van der Waals surface area (Å²) in [4.78, 5) is 23.5. The lowest BCUT2D eigenvalue weighted by Crippen LogP contribution is -2.44. The number of carbonyl (C=O) groups is 1. The van der Waals surface area contributed by atoms with Gasteiger partial charge in [0.2, 0.25) is 0 Å². The summed E-state index contributed by atoms with van der Waals surface area (Å²) in [5.41, 5.74) is 5.57. The van der Waals surface area contributed by atoms with Crippen molar-refractivity contribution in [2.45, 2.75) is 69.5 Å². The molecule has 3 N–H and O–H groups in total. The molecule has 1 saturated heterocycles. The Bertz CT molecular complexity index is 1230. The molecule has 2 fully saturated rings. The van der Waals surface area contributed by atoms with Crippen LogP contribution >= 0.6 is 22.6 Å². The summed E-state index contributed by atoms with van der Waals surface area (Å²) >= 11 is 2.10. The van der Waals surface area contributed by atoms with Crippen LogP contribution in [0.15, 0.2) is 35.6 Å². The summed E-state index contributed by atoms with van der Waals surface area (Å²) < 4.78 is 71.3. The number of benzene rings is 1. The van der Waals surface area contributed by atoms with Crippen LogP contribution in [0.5, 0.6) is 0 Å². The van der Waals surface area contributed by atoms with Crippen molar-refractivity contribution < 1.29 is 26.7 Å². The van der Waals surface area contributed by atoms with Gasteiger partial charge in [0.25, 0.3) is 11.8 Å². The summed E-state index contributed by atoms with van der Waals surface area (Å²) in [6, 6.07) is 3.24. The average Bonchev–Trinajstić information content (AvgIpc) is 2.88. The Balaban J connectivity index is 1.72. The molecule has 2 aliphatic rings. The van der Waals surface area contributed by atoms with Crippen LogP contribution in [0, 0.1) is 3.57 Å². The van der Waals surface area contributed by atoms with Gasteiger partial charge in [-0.25, -0.2) is 8.78 Å². The Labute approximate surface area is 238 Å². The largest absolute Gasteiger partial charge is 0.418 e. The Morgan fingerprint density at radius 1 is 1.18 bits per heavy atom. The Morgan fingerprint density at radius 2 is 1.87 bits per heavy atom. The quantitative estimate of drug-likeness (QED) is 0.149. The van der Waals surface area contributed by atoms with Crippen LogP contribution in [-0.4, -0.2) is 60.0 Å². The Kier molecular flexibility index (Phi) is 9.06. The van der Waals surface area contributed by atoms with Crippen molar-refractivity contribution in [3.63, 3.8) is 0 Å². The highest BCUT2D eigenvalue weighted by Gasteiger charge is 2.40. The molecule has 1 amide bonds. The number of piperidine rings is 1. The molecule has 209 valence electrons. The molecule has 6 nitrogen and oxygen atoms in total. The van der Waals surface area contributed by atoms with Crippen molar-refractivity contribution >= 4 is 52.8 Å². The summed E-state index contributed by atoms with van der Waals surface area (Å²) in [5, 5.41) is 3.02. The van der Waals surface area contributed by atoms with Crippen molar-refractivity contribution in [1.82, 2.24) is 9.88 Å². The molecule has 2 atom stereocenters. The first kappa shape index (κ1) is 29.5. The van der Waals surface area contributed by atoms with Crippen LogP contribution in [0.3, 0.4) is 0 Å². The van der Waals surface area contributed by atoms with E-state index in [9.17, 15) is 26.7 Å². The van der Waals surface area contributed by atoms with Gasteiger partial charge in [0.05, 0.1) is 22.9 Å². The molecule has 2 aromatic rings. The van der Waals surface area contributed by atoms with E-state index in [4.69, 9.17) is 5.73 Å². The van der Waals surface area contributed by atoms with E-state index in [-0.39, 0.29) is 35.6 Å². The van der Waals surface area contributed by atoms with E-state index in [0.29, 0.717) is 18.4 Å². The van der Waals surface area contributed by atoms with Gasteiger partial charge in [-0.3, -0.25) is 14.8 Å². The summed E-state index contributed by atoms with van der Waals surface area (Å²) in [7, 11) is 1.48. The molecule has 4 rings (SSSR count). The number of hydrogen-bond acceptors (Lipinski definition) is 4. The molecule has 2 heterocycles. The molecule has 1 saturated carbocycles. The monoisotopic (exact) mass is 660 g/mol. The first-order chi connectivity index (χ1) is 18.4. The second kappa shape index (κ2) is 12.0. The van der Waals surface area contributed by atoms with E-state index in [1.54, 1.807) is 19.2 Å². The maximum atomic E-state index is 14.3. The minimum Gasteiger partial charge on any atom is -0.383 e. The van der Waals surface area contributed by atoms with Gasteiger partial charge in [-0.1, -0.05) is 37.3 Å². The number of nitrogens with two attached hydrogens (primary N) is 1. The standard InChI is InChI=1S/C26H29BF5IN5O/c1-27-16-11-18(24(39)38-8-6-25(28,29)7-9-38)22(19(12-16)26(30,31)32)36-20-4-2-3-5-21(20)37-23(34)15-10-17(33)14-35-13-15/h10-14,20-21,36H,2-9H2,1H3,(H2,34,37)/t20-,21+/m1/s1. The number of carbonyl (C=O) groups excluding carboxylic acids is 1. The zero-order chi connectivity index (χ0) is 28.4. The van der Waals surface area contributed by atoms with Gasteiger partial charge in [0, 0.05) is 53.5 Å². The van der Waals surface area contributed by atoms with E-state index in [2.05, 4.69) is 37.9 Å². The smallest absolute Gasteiger partial charge is 0.383 e. The molecule has 1 radical (unpaired) electrons. The molecule has 1 aliphatic heterocycles. The number of nitrogens with zero attached hydrogens (tertiary/aromatic N) is 3. The molecule has 0 bridgehead atoms. The van der Waals surface area contributed by atoms with Crippen LogP contribution in [0.25, 0.3) is 0 Å². The SMILES string of the molecule is C[B]c1cc(C(=O)N2CCC(F)(F)CC2)c(N[C@@H]2CCCC[C@@H]2N=C(N)c2cncc(I)c2)c(C(F)(F)F)c1. The number of aromatic nitrogens is 1. The van der Waals surface area contributed by atoms with Crippen LogP contribution < -0.4 is 16.5 Å². The van der Waals surface area contributed by atoms with Crippen LogP contribution in [0.2, 0.25) is 6.82 Å². The van der Waals surface area contributed by atoms with E-state index in [1.165, 1.54) is 18.2 Å². The zero-order valence-corrected chi connectivity index (χ0v) is 23.5. The van der Waals surface area contributed by atoms with Crippen molar-refractivity contribution in [3.05, 3.63) is 50.9 Å². The van der Waals surface area contributed by atoms with E-state index < -0.39 is 48.5 Å². The average molecular weight is 660 g/mol. The molecule has 1 aromatic heterocycles. The van der Waals surface area contributed by atoms with E-state index in [0.717, 1.165) is 22.5 Å². The second-order valence-electron chi connectivity index (χ2n) is 9.93. The van der Waals surface area contributed by atoms with Crippen LogP contribution in [-0.2, 0) is 6.18 Å². The minimum absolute atomic E-state index is 0.189. The third kappa shape index (κ3) is 7.20. The van der Waals surface area contributed by atoms with Gasteiger partial charge in [-0.05, 0) is 41.5 Å². The number of aliphatic imine (C=N–C) groups is 1. The normalized spacial score (nSPS) is 21.9. The van der Waals surface area contributed by atoms with Crippen molar-refractivity contribution in [2.24, 2.45) is 10.7 Å². The maximum Gasteiger partial charge on any atom is 0.418 e. The van der Waals surface area contributed by atoms with E-state index in [1.807, 2.05) is 6.07 Å². The molecule has 0 unspecified atom stereocenters. The van der Waals surface area contributed by atoms with Gasteiger partial charge < -0.3 is 16.0 Å². The number of alkyl halides is 5. The van der Waals surface area contributed by atoms with Crippen molar-refractivity contribution in [3.8, 4) is 0 Å². The van der Waals surface area contributed by atoms with Crippen molar-refractivity contribution in [1.29, 1.82) is 0 Å². The third-order valence-electron chi connectivity index (χ3n) is 7.18. The predicted octanol–water partition coefficient (Wildman–Crippen LogP) is 5.08.